The molecular formula is C12H20N2O6S. The van der Waals surface area contributed by atoms with E-state index in [1.165, 1.54) is 10.8 Å². The zero-order valence-electron chi connectivity index (χ0n) is 11.9. The Labute approximate surface area is 123 Å². The minimum absolute atomic E-state index is 0.0393. The molecule has 0 saturated heterocycles. The van der Waals surface area contributed by atoms with Crippen LogP contribution in [0.1, 0.15) is 30.4 Å². The number of carboxylic acid groups (broad SMARTS) is 1. The van der Waals surface area contributed by atoms with E-state index in [0.29, 0.717) is 0 Å². The average molecular weight is 320 g/mol. The minimum atomic E-state index is -3.79. The molecule has 1 rings (SSSR count). The first-order valence-corrected chi connectivity index (χ1v) is 7.91. The fraction of sp³-hybridized carbons (Fsp3) is 0.583. The number of sulfonamides is 1. The second-order valence-electron chi connectivity index (χ2n) is 4.60. The normalized spacial score (nSPS) is 12.0. The number of carboxylic acids is 1. The van der Waals surface area contributed by atoms with E-state index in [1.807, 2.05) is 0 Å². The van der Waals surface area contributed by atoms with Gasteiger partial charge in [0.25, 0.3) is 0 Å². The second kappa shape index (κ2) is 7.55. The number of ether oxygens (including phenoxy) is 1. The first kappa shape index (κ1) is 17.6. The highest BCUT2D eigenvalue weighted by molar-refractivity contribution is 7.89. The van der Waals surface area contributed by atoms with Gasteiger partial charge in [-0.2, -0.15) is 0 Å². The van der Waals surface area contributed by atoms with Gasteiger partial charge in [0.2, 0.25) is 10.0 Å². The van der Waals surface area contributed by atoms with Crippen molar-refractivity contribution in [2.45, 2.75) is 24.8 Å². The Morgan fingerprint density at radius 2 is 2.10 bits per heavy atom. The molecule has 0 aliphatic carbocycles. The van der Waals surface area contributed by atoms with Gasteiger partial charge in [0.05, 0.1) is 19.8 Å². The van der Waals surface area contributed by atoms with E-state index < -0.39 is 16.0 Å². The molecule has 0 amide bonds. The molecule has 8 nitrogen and oxygen atoms in total. The van der Waals surface area contributed by atoms with Gasteiger partial charge in [0.15, 0.2) is 0 Å². The van der Waals surface area contributed by atoms with Crippen LogP contribution in [0.25, 0.3) is 0 Å². The quantitative estimate of drug-likeness (QED) is 0.554. The maximum atomic E-state index is 12.1. The molecule has 21 heavy (non-hydrogen) atoms. The summed E-state index contributed by atoms with van der Waals surface area (Å²) in [6.45, 7) is 3.69. The number of hydrogen-bond donors (Lipinski definition) is 3. The molecule has 9 heteroatoms. The molecule has 0 saturated carbocycles. The number of aromatic nitrogens is 1. The van der Waals surface area contributed by atoms with Gasteiger partial charge < -0.3 is 19.5 Å². The van der Waals surface area contributed by atoms with Crippen LogP contribution in [-0.2, 0) is 14.8 Å². The molecule has 3 N–H and O–H groups in total. The number of nitrogens with zero attached hydrogens (tertiary/aromatic N) is 1. The summed E-state index contributed by atoms with van der Waals surface area (Å²) in [7, 11) is -3.79. The Bertz CT molecular complexity index is 579. The third kappa shape index (κ3) is 4.81. The molecule has 0 aliphatic rings. The van der Waals surface area contributed by atoms with Crippen LogP contribution in [0.4, 0.5) is 0 Å². The Kier molecular flexibility index (Phi) is 6.34. The lowest BCUT2D eigenvalue weighted by Gasteiger charge is -2.09. The van der Waals surface area contributed by atoms with E-state index in [4.69, 9.17) is 14.9 Å². The lowest BCUT2D eigenvalue weighted by molar-refractivity contribution is 0.0683. The first-order valence-electron chi connectivity index (χ1n) is 6.43. The van der Waals surface area contributed by atoms with Crippen molar-refractivity contribution in [1.29, 1.82) is 0 Å². The summed E-state index contributed by atoms with van der Waals surface area (Å²) in [4.78, 5) is 11.0. The summed E-state index contributed by atoms with van der Waals surface area (Å²) in [6.07, 6.45) is 1.30. The monoisotopic (exact) mass is 320 g/mol. The predicted octanol–water partition coefficient (Wildman–Crippen LogP) is 0.0544. The molecule has 0 aromatic carbocycles. The zero-order chi connectivity index (χ0) is 16.0. The molecule has 0 radical (unpaired) electrons. The number of aromatic carboxylic acids is 1. The van der Waals surface area contributed by atoms with Gasteiger partial charge in [-0.05, 0) is 19.9 Å². The van der Waals surface area contributed by atoms with Gasteiger partial charge in [-0.3, -0.25) is 0 Å². The summed E-state index contributed by atoms with van der Waals surface area (Å²) < 4.78 is 32.7. The van der Waals surface area contributed by atoms with Gasteiger partial charge >= 0.3 is 5.97 Å². The lowest BCUT2D eigenvalue weighted by Crippen LogP contribution is -2.27. The van der Waals surface area contributed by atoms with Gasteiger partial charge in [-0.1, -0.05) is 0 Å². The van der Waals surface area contributed by atoms with Crippen molar-refractivity contribution in [2.24, 2.45) is 0 Å². The van der Waals surface area contributed by atoms with Crippen LogP contribution < -0.4 is 4.72 Å². The Morgan fingerprint density at radius 3 is 2.57 bits per heavy atom. The van der Waals surface area contributed by atoms with Crippen molar-refractivity contribution >= 4 is 16.0 Å². The van der Waals surface area contributed by atoms with Crippen molar-refractivity contribution in [2.75, 3.05) is 26.4 Å². The molecule has 0 bridgehead atoms. The Balaban J connectivity index is 2.84. The summed E-state index contributed by atoms with van der Waals surface area (Å²) >= 11 is 0. The third-order valence-corrected chi connectivity index (χ3v) is 4.11. The minimum Gasteiger partial charge on any atom is -0.477 e. The lowest BCUT2D eigenvalue weighted by atomic mass is 10.3. The van der Waals surface area contributed by atoms with Crippen LogP contribution in [0.3, 0.4) is 0 Å². The van der Waals surface area contributed by atoms with Crippen molar-refractivity contribution in [1.82, 2.24) is 9.29 Å². The number of rotatable bonds is 9. The average Bonchev–Trinajstić information content (AvgIpc) is 2.84. The zero-order valence-corrected chi connectivity index (χ0v) is 12.8. The smallest absolute Gasteiger partial charge is 0.352 e. The second-order valence-corrected chi connectivity index (χ2v) is 6.37. The fourth-order valence-corrected chi connectivity index (χ4v) is 2.74. The summed E-state index contributed by atoms with van der Waals surface area (Å²) in [6, 6.07) is 0.951. The number of hydrogen-bond acceptors (Lipinski definition) is 5. The molecule has 0 atom stereocenters. The van der Waals surface area contributed by atoms with Crippen molar-refractivity contribution in [3.63, 3.8) is 0 Å². The highest BCUT2D eigenvalue weighted by Crippen LogP contribution is 2.18. The molecular weight excluding hydrogens is 300 g/mol. The van der Waals surface area contributed by atoms with Gasteiger partial charge in [0, 0.05) is 18.8 Å². The fourth-order valence-electron chi connectivity index (χ4n) is 1.70. The predicted molar refractivity (Wildman–Crippen MR) is 74.9 cm³/mol. The molecule has 1 aromatic heterocycles. The van der Waals surface area contributed by atoms with Crippen molar-refractivity contribution in [3.05, 3.63) is 18.0 Å². The van der Waals surface area contributed by atoms with Gasteiger partial charge in [-0.15, -0.1) is 0 Å². The van der Waals surface area contributed by atoms with Crippen LogP contribution in [0.2, 0.25) is 0 Å². The molecule has 0 spiro atoms. The van der Waals surface area contributed by atoms with Crippen molar-refractivity contribution < 1.29 is 28.2 Å². The largest absolute Gasteiger partial charge is 0.477 e. The maximum absolute atomic E-state index is 12.1. The number of carbonyl (C=O) groups is 1. The van der Waals surface area contributed by atoms with E-state index in [-0.39, 0.29) is 43.0 Å². The van der Waals surface area contributed by atoms with Crippen molar-refractivity contribution in [3.8, 4) is 0 Å². The van der Waals surface area contributed by atoms with E-state index >= 15 is 0 Å². The summed E-state index contributed by atoms with van der Waals surface area (Å²) in [5, 5.41) is 17.6. The van der Waals surface area contributed by atoms with Crippen LogP contribution in [0.5, 0.6) is 0 Å². The van der Waals surface area contributed by atoms with Gasteiger partial charge in [0.1, 0.15) is 10.6 Å². The first-order chi connectivity index (χ1) is 9.79. The van der Waals surface area contributed by atoms with Crippen LogP contribution in [0.15, 0.2) is 17.2 Å². The molecule has 0 unspecified atom stereocenters. The molecule has 1 heterocycles. The van der Waals surface area contributed by atoms with Crippen LogP contribution in [-0.4, -0.2) is 55.5 Å². The summed E-state index contributed by atoms with van der Waals surface area (Å²) in [5.41, 5.74) is -0.0816. The molecule has 0 fully saturated rings. The Hall–Kier alpha value is -1.42. The van der Waals surface area contributed by atoms with E-state index in [0.717, 1.165) is 6.07 Å². The van der Waals surface area contributed by atoms with Crippen LogP contribution >= 0.6 is 0 Å². The molecule has 120 valence electrons. The van der Waals surface area contributed by atoms with E-state index in [1.54, 1.807) is 13.8 Å². The molecule has 1 aromatic rings. The van der Waals surface area contributed by atoms with Gasteiger partial charge in [-0.25, -0.2) is 17.9 Å². The highest BCUT2D eigenvalue weighted by atomic mass is 32.2. The number of aliphatic hydroxyl groups is 1. The third-order valence-electron chi connectivity index (χ3n) is 2.68. The maximum Gasteiger partial charge on any atom is 0.352 e. The topological polar surface area (TPSA) is 118 Å². The number of aliphatic hydroxyl groups excluding tert-OH is 1. The van der Waals surface area contributed by atoms with E-state index in [2.05, 4.69) is 4.72 Å². The Morgan fingerprint density at radius 1 is 1.43 bits per heavy atom. The SMILES string of the molecule is CC(C)n1cc(S(=O)(=O)NCCOCCO)cc1C(=O)O. The standard InChI is InChI=1S/C12H20N2O6S/c1-9(2)14-8-10(7-11(14)12(16)17)21(18,19)13-3-5-20-6-4-15/h7-9,13,15H,3-6H2,1-2H3,(H,16,17). The highest BCUT2D eigenvalue weighted by Gasteiger charge is 2.22. The summed E-state index contributed by atoms with van der Waals surface area (Å²) in [5.74, 6) is -1.18. The van der Waals surface area contributed by atoms with E-state index in [9.17, 15) is 13.2 Å². The number of nitrogens with one attached hydrogen (secondary N) is 1. The van der Waals surface area contributed by atoms with Crippen LogP contribution in [0, 0.1) is 0 Å². The molecule has 0 aliphatic heterocycles.